The van der Waals surface area contributed by atoms with Gasteiger partial charge >= 0.3 is 5.97 Å². The first-order chi connectivity index (χ1) is 9.90. The molecule has 0 aromatic heterocycles. The molecular weight excluding hydrogens is 300 g/mol. The number of aliphatic carboxylic acids is 1. The normalized spacial score (nSPS) is 16.6. The molecule has 2 rings (SSSR count). The molecule has 0 bridgehead atoms. The standard InChI is InChI=1S/C12H8N2O6S/c15-10(16)6-13-11(17)9(21-12(13)18)5-7-3-1-2-4-8(7)14(19)20/h1-5H,6H2,(H,15,16)/b9-5+. The van der Waals surface area contributed by atoms with Crippen molar-refractivity contribution < 1.29 is 24.4 Å². The van der Waals surface area contributed by atoms with Gasteiger partial charge in [-0.3, -0.25) is 29.4 Å². The number of hydrogen-bond donors (Lipinski definition) is 1. The van der Waals surface area contributed by atoms with E-state index < -0.39 is 28.6 Å². The molecule has 0 saturated carbocycles. The summed E-state index contributed by atoms with van der Waals surface area (Å²) in [6.45, 7) is -0.737. The Bertz CT molecular complexity index is 684. The van der Waals surface area contributed by atoms with Crippen molar-refractivity contribution in [3.63, 3.8) is 0 Å². The van der Waals surface area contributed by atoms with Crippen molar-refractivity contribution in [3.8, 4) is 0 Å². The summed E-state index contributed by atoms with van der Waals surface area (Å²) >= 11 is 0.552. The van der Waals surface area contributed by atoms with Crippen molar-refractivity contribution in [1.29, 1.82) is 0 Å². The highest BCUT2D eigenvalue weighted by Gasteiger charge is 2.36. The number of hydrogen-bond acceptors (Lipinski definition) is 6. The van der Waals surface area contributed by atoms with Gasteiger partial charge in [0.25, 0.3) is 16.8 Å². The Morgan fingerprint density at radius 3 is 2.67 bits per heavy atom. The molecule has 0 spiro atoms. The molecule has 1 aliphatic heterocycles. The highest BCUT2D eigenvalue weighted by molar-refractivity contribution is 8.18. The van der Waals surface area contributed by atoms with Crippen molar-refractivity contribution in [3.05, 3.63) is 44.8 Å². The van der Waals surface area contributed by atoms with Gasteiger partial charge in [-0.05, 0) is 23.9 Å². The molecule has 0 aliphatic carbocycles. The molecule has 108 valence electrons. The average Bonchev–Trinajstić information content (AvgIpc) is 2.66. The molecule has 0 unspecified atom stereocenters. The van der Waals surface area contributed by atoms with E-state index in [-0.39, 0.29) is 16.2 Å². The molecule has 1 aliphatic rings. The first-order valence-corrected chi connectivity index (χ1v) is 6.42. The molecule has 1 aromatic rings. The Hall–Kier alpha value is -2.68. The number of nitro groups is 1. The van der Waals surface area contributed by atoms with Crippen LogP contribution in [0, 0.1) is 10.1 Å². The number of rotatable bonds is 4. The number of carboxylic acid groups (broad SMARTS) is 1. The van der Waals surface area contributed by atoms with Gasteiger partial charge in [-0.2, -0.15) is 0 Å². The summed E-state index contributed by atoms with van der Waals surface area (Å²) in [6.07, 6.45) is 1.21. The lowest BCUT2D eigenvalue weighted by Gasteiger charge is -2.07. The zero-order valence-electron chi connectivity index (χ0n) is 10.4. The third-order valence-electron chi connectivity index (χ3n) is 2.59. The highest BCUT2D eigenvalue weighted by atomic mass is 32.2. The molecular formula is C12H8N2O6S. The van der Waals surface area contributed by atoms with Crippen LogP contribution in [0.1, 0.15) is 5.56 Å². The van der Waals surface area contributed by atoms with E-state index in [0.29, 0.717) is 16.7 Å². The number of carbonyl (C=O) groups excluding carboxylic acids is 2. The third-order valence-corrected chi connectivity index (χ3v) is 3.49. The van der Waals surface area contributed by atoms with Crippen molar-refractivity contribution in [2.75, 3.05) is 6.54 Å². The third kappa shape index (κ3) is 3.08. The number of amides is 2. The first kappa shape index (κ1) is 14.7. The van der Waals surface area contributed by atoms with Crippen LogP contribution in [-0.2, 0) is 9.59 Å². The molecule has 21 heavy (non-hydrogen) atoms. The van der Waals surface area contributed by atoms with Crippen LogP contribution < -0.4 is 0 Å². The Balaban J connectivity index is 2.35. The molecule has 1 N–H and O–H groups in total. The predicted octanol–water partition coefficient (Wildman–Crippen LogP) is 1.72. The zero-order valence-corrected chi connectivity index (χ0v) is 11.2. The summed E-state index contributed by atoms with van der Waals surface area (Å²) in [7, 11) is 0. The molecule has 2 amide bonds. The van der Waals surface area contributed by atoms with Gasteiger partial charge in [0, 0.05) is 6.07 Å². The van der Waals surface area contributed by atoms with Crippen LogP contribution in [-0.4, -0.2) is 38.6 Å². The lowest BCUT2D eigenvalue weighted by molar-refractivity contribution is -0.385. The van der Waals surface area contributed by atoms with Gasteiger partial charge in [0.1, 0.15) is 6.54 Å². The van der Waals surface area contributed by atoms with Gasteiger partial charge in [-0.15, -0.1) is 0 Å². The van der Waals surface area contributed by atoms with Crippen LogP contribution in [0.4, 0.5) is 10.5 Å². The molecule has 0 atom stereocenters. The Morgan fingerprint density at radius 1 is 1.38 bits per heavy atom. The predicted molar refractivity (Wildman–Crippen MR) is 73.4 cm³/mol. The van der Waals surface area contributed by atoms with E-state index in [1.54, 1.807) is 6.07 Å². The Morgan fingerprint density at radius 2 is 2.05 bits per heavy atom. The van der Waals surface area contributed by atoms with Gasteiger partial charge in [0.05, 0.1) is 15.4 Å². The minimum Gasteiger partial charge on any atom is -0.480 e. The van der Waals surface area contributed by atoms with Gasteiger partial charge < -0.3 is 5.11 Å². The maximum Gasteiger partial charge on any atom is 0.323 e. The fourth-order valence-electron chi connectivity index (χ4n) is 1.69. The number of imide groups is 1. The van der Waals surface area contributed by atoms with Crippen molar-refractivity contribution in [2.45, 2.75) is 0 Å². The van der Waals surface area contributed by atoms with E-state index in [1.807, 2.05) is 0 Å². The number of thioether (sulfide) groups is 1. The number of nitro benzene ring substituents is 1. The van der Waals surface area contributed by atoms with Crippen LogP contribution in [0.3, 0.4) is 0 Å². The number of nitrogens with zero attached hydrogens (tertiary/aromatic N) is 2. The zero-order chi connectivity index (χ0) is 15.6. The monoisotopic (exact) mass is 308 g/mol. The van der Waals surface area contributed by atoms with Crippen LogP contribution in [0.5, 0.6) is 0 Å². The van der Waals surface area contributed by atoms with Crippen LogP contribution >= 0.6 is 11.8 Å². The van der Waals surface area contributed by atoms with E-state index in [4.69, 9.17) is 5.11 Å². The van der Waals surface area contributed by atoms with Crippen molar-refractivity contribution in [2.24, 2.45) is 0 Å². The largest absolute Gasteiger partial charge is 0.480 e. The minimum atomic E-state index is -1.32. The van der Waals surface area contributed by atoms with Gasteiger partial charge in [0.15, 0.2) is 0 Å². The van der Waals surface area contributed by atoms with Gasteiger partial charge in [-0.1, -0.05) is 12.1 Å². The first-order valence-electron chi connectivity index (χ1n) is 5.60. The summed E-state index contributed by atoms with van der Waals surface area (Å²) in [5.74, 6) is -2.09. The van der Waals surface area contributed by atoms with Crippen LogP contribution in [0.25, 0.3) is 6.08 Å². The van der Waals surface area contributed by atoms with Crippen molar-refractivity contribution >= 4 is 40.6 Å². The van der Waals surface area contributed by atoms with E-state index >= 15 is 0 Å². The maximum absolute atomic E-state index is 11.9. The van der Waals surface area contributed by atoms with Crippen molar-refractivity contribution in [1.82, 2.24) is 4.90 Å². The molecule has 1 aromatic carbocycles. The number of para-hydroxylation sites is 1. The molecule has 9 heteroatoms. The van der Waals surface area contributed by atoms with E-state index in [2.05, 4.69) is 0 Å². The highest BCUT2D eigenvalue weighted by Crippen LogP contribution is 2.33. The second-order valence-electron chi connectivity index (χ2n) is 3.98. The maximum atomic E-state index is 11.9. The quantitative estimate of drug-likeness (QED) is 0.511. The molecule has 1 fully saturated rings. The number of benzene rings is 1. The minimum absolute atomic E-state index is 0.0458. The van der Waals surface area contributed by atoms with E-state index in [1.165, 1.54) is 24.3 Å². The summed E-state index contributed by atoms with van der Waals surface area (Å²) in [5.41, 5.74) is -0.0362. The summed E-state index contributed by atoms with van der Waals surface area (Å²) in [5, 5.41) is 18.8. The Labute approximate surface area is 122 Å². The van der Waals surface area contributed by atoms with E-state index in [9.17, 15) is 24.5 Å². The molecule has 0 radical (unpaired) electrons. The molecule has 1 saturated heterocycles. The summed E-state index contributed by atoms with van der Waals surface area (Å²) < 4.78 is 0. The molecule has 1 heterocycles. The SMILES string of the molecule is O=C(O)CN1C(=O)S/C(=C/c2ccccc2[N+](=O)[O-])C1=O. The fourth-order valence-corrected chi connectivity index (χ4v) is 2.52. The van der Waals surface area contributed by atoms with Crippen LogP contribution in [0.15, 0.2) is 29.2 Å². The average molecular weight is 308 g/mol. The lowest BCUT2D eigenvalue weighted by Crippen LogP contribution is -2.33. The number of carboxylic acids is 1. The molecule has 8 nitrogen and oxygen atoms in total. The van der Waals surface area contributed by atoms with E-state index in [0.717, 1.165) is 0 Å². The lowest BCUT2D eigenvalue weighted by atomic mass is 10.1. The summed E-state index contributed by atoms with van der Waals surface area (Å²) in [4.78, 5) is 44.9. The second kappa shape index (κ2) is 5.75. The summed E-state index contributed by atoms with van der Waals surface area (Å²) in [6, 6.07) is 5.74. The topological polar surface area (TPSA) is 118 Å². The Kier molecular flexibility index (Phi) is 4.03. The smallest absolute Gasteiger partial charge is 0.323 e. The van der Waals surface area contributed by atoms with Gasteiger partial charge in [-0.25, -0.2) is 0 Å². The fraction of sp³-hybridized carbons (Fsp3) is 0.0833. The number of carbonyl (C=O) groups is 3. The van der Waals surface area contributed by atoms with Gasteiger partial charge in [0.2, 0.25) is 0 Å². The second-order valence-corrected chi connectivity index (χ2v) is 4.97. The van der Waals surface area contributed by atoms with Crippen LogP contribution in [0.2, 0.25) is 0 Å².